The molecule has 1 aromatic carbocycles. The van der Waals surface area contributed by atoms with Crippen LogP contribution in [0.2, 0.25) is 5.02 Å². The maximum atomic E-state index is 12.7. The average molecular weight is 352 g/mol. The third kappa shape index (κ3) is 3.55. The zero-order valence-electron chi connectivity index (χ0n) is 13.5. The highest BCUT2D eigenvalue weighted by molar-refractivity contribution is 6.30. The van der Waals surface area contributed by atoms with Crippen molar-refractivity contribution in [3.8, 4) is 0 Å². The highest BCUT2D eigenvalue weighted by Crippen LogP contribution is 2.22. The molecule has 0 unspecified atom stereocenters. The standard InChI is InChI=1S/C17H22ClN3O3/c18-14-3-1-2-13(12-14)15(22)20-6-8-21(9-7-20)16(23)17(19)4-10-24-11-5-17/h1-3,12H,4-11,19H2. The van der Waals surface area contributed by atoms with Crippen molar-refractivity contribution in [3.63, 3.8) is 0 Å². The van der Waals surface area contributed by atoms with Crippen LogP contribution in [0.1, 0.15) is 23.2 Å². The Kier molecular flexibility index (Phi) is 5.08. The highest BCUT2D eigenvalue weighted by atomic mass is 35.5. The van der Waals surface area contributed by atoms with E-state index in [0.29, 0.717) is 62.8 Å². The summed E-state index contributed by atoms with van der Waals surface area (Å²) in [7, 11) is 0. The summed E-state index contributed by atoms with van der Waals surface area (Å²) in [5.41, 5.74) is 6.02. The van der Waals surface area contributed by atoms with Gasteiger partial charge in [0.2, 0.25) is 5.91 Å². The summed E-state index contributed by atoms with van der Waals surface area (Å²) < 4.78 is 5.30. The van der Waals surface area contributed by atoms with Crippen LogP contribution in [0.3, 0.4) is 0 Å². The van der Waals surface area contributed by atoms with Gasteiger partial charge < -0.3 is 20.3 Å². The van der Waals surface area contributed by atoms with Gasteiger partial charge in [0, 0.05) is 50.0 Å². The first-order chi connectivity index (χ1) is 11.5. The Labute approximate surface area is 146 Å². The molecular formula is C17H22ClN3O3. The topological polar surface area (TPSA) is 75.9 Å². The van der Waals surface area contributed by atoms with Gasteiger partial charge >= 0.3 is 0 Å². The number of piperazine rings is 1. The molecule has 2 amide bonds. The zero-order valence-corrected chi connectivity index (χ0v) is 14.3. The van der Waals surface area contributed by atoms with Gasteiger partial charge in [-0.2, -0.15) is 0 Å². The van der Waals surface area contributed by atoms with Crippen LogP contribution in [0.4, 0.5) is 0 Å². The molecule has 0 atom stereocenters. The Morgan fingerprint density at radius 2 is 1.71 bits per heavy atom. The van der Waals surface area contributed by atoms with Crippen molar-refractivity contribution < 1.29 is 14.3 Å². The Morgan fingerprint density at radius 1 is 1.08 bits per heavy atom. The number of amides is 2. The van der Waals surface area contributed by atoms with E-state index >= 15 is 0 Å². The number of hydrogen-bond acceptors (Lipinski definition) is 4. The second-order valence-corrected chi connectivity index (χ2v) is 6.80. The SMILES string of the molecule is NC1(C(=O)N2CCN(C(=O)c3cccc(Cl)c3)CC2)CCOCC1. The molecule has 0 aromatic heterocycles. The van der Waals surface area contributed by atoms with Crippen molar-refractivity contribution in [2.24, 2.45) is 5.73 Å². The molecule has 2 fully saturated rings. The van der Waals surface area contributed by atoms with E-state index in [1.54, 1.807) is 34.1 Å². The average Bonchev–Trinajstić information content (AvgIpc) is 2.61. The number of benzene rings is 1. The minimum Gasteiger partial charge on any atom is -0.381 e. The third-order valence-electron chi connectivity index (χ3n) is 4.74. The quantitative estimate of drug-likeness (QED) is 0.866. The fraction of sp³-hybridized carbons (Fsp3) is 0.529. The van der Waals surface area contributed by atoms with E-state index in [4.69, 9.17) is 22.1 Å². The fourth-order valence-electron chi connectivity index (χ4n) is 3.18. The van der Waals surface area contributed by atoms with Crippen LogP contribution in [0.25, 0.3) is 0 Å². The number of carbonyl (C=O) groups is 2. The Hall–Kier alpha value is -1.63. The van der Waals surface area contributed by atoms with E-state index in [1.807, 2.05) is 0 Å². The summed E-state index contributed by atoms with van der Waals surface area (Å²) in [5, 5.41) is 0.541. The summed E-state index contributed by atoms with van der Waals surface area (Å²) in [4.78, 5) is 28.7. The number of nitrogens with zero attached hydrogens (tertiary/aromatic N) is 2. The van der Waals surface area contributed by atoms with E-state index in [1.165, 1.54) is 0 Å². The maximum absolute atomic E-state index is 12.7. The lowest BCUT2D eigenvalue weighted by molar-refractivity contribution is -0.142. The molecule has 7 heteroatoms. The lowest BCUT2D eigenvalue weighted by Gasteiger charge is -2.40. The monoisotopic (exact) mass is 351 g/mol. The number of halogens is 1. The molecule has 3 rings (SSSR count). The van der Waals surface area contributed by atoms with Crippen LogP contribution < -0.4 is 5.73 Å². The molecule has 2 heterocycles. The molecule has 2 saturated heterocycles. The summed E-state index contributed by atoms with van der Waals surface area (Å²) >= 11 is 5.95. The molecule has 0 spiro atoms. The molecule has 2 N–H and O–H groups in total. The van der Waals surface area contributed by atoms with Crippen molar-refractivity contribution in [1.29, 1.82) is 0 Å². The second kappa shape index (κ2) is 7.09. The van der Waals surface area contributed by atoms with Crippen LogP contribution in [-0.2, 0) is 9.53 Å². The van der Waals surface area contributed by atoms with E-state index in [2.05, 4.69) is 0 Å². The first kappa shape index (κ1) is 17.2. The van der Waals surface area contributed by atoms with Crippen molar-refractivity contribution in [2.75, 3.05) is 39.4 Å². The minimum absolute atomic E-state index is 0.0272. The Morgan fingerprint density at radius 3 is 2.33 bits per heavy atom. The van der Waals surface area contributed by atoms with Crippen molar-refractivity contribution >= 4 is 23.4 Å². The van der Waals surface area contributed by atoms with E-state index in [9.17, 15) is 9.59 Å². The van der Waals surface area contributed by atoms with E-state index in [-0.39, 0.29) is 11.8 Å². The summed E-state index contributed by atoms with van der Waals surface area (Å²) in [6.07, 6.45) is 1.10. The van der Waals surface area contributed by atoms with Gasteiger partial charge in [0.1, 0.15) is 0 Å². The van der Waals surface area contributed by atoms with Crippen LogP contribution in [0.5, 0.6) is 0 Å². The van der Waals surface area contributed by atoms with Gasteiger partial charge in [-0.3, -0.25) is 9.59 Å². The third-order valence-corrected chi connectivity index (χ3v) is 4.97. The van der Waals surface area contributed by atoms with Crippen molar-refractivity contribution in [3.05, 3.63) is 34.9 Å². The molecule has 0 aliphatic carbocycles. The normalized spacial score (nSPS) is 20.8. The van der Waals surface area contributed by atoms with Crippen LogP contribution in [0.15, 0.2) is 24.3 Å². The van der Waals surface area contributed by atoms with E-state index in [0.717, 1.165) is 0 Å². The van der Waals surface area contributed by atoms with Crippen molar-refractivity contribution in [2.45, 2.75) is 18.4 Å². The summed E-state index contributed by atoms with van der Waals surface area (Å²) in [6, 6.07) is 6.92. The van der Waals surface area contributed by atoms with Gasteiger partial charge in [0.05, 0.1) is 5.54 Å². The highest BCUT2D eigenvalue weighted by Gasteiger charge is 2.40. The first-order valence-electron chi connectivity index (χ1n) is 8.20. The lowest BCUT2D eigenvalue weighted by Crippen LogP contribution is -2.61. The summed E-state index contributed by atoms with van der Waals surface area (Å²) in [5.74, 6) is -0.0845. The zero-order chi connectivity index (χ0) is 17.2. The molecule has 2 aliphatic heterocycles. The van der Waals surface area contributed by atoms with Gasteiger partial charge in [-0.05, 0) is 31.0 Å². The minimum atomic E-state index is -0.822. The second-order valence-electron chi connectivity index (χ2n) is 6.36. The first-order valence-corrected chi connectivity index (χ1v) is 8.58. The van der Waals surface area contributed by atoms with Crippen LogP contribution in [-0.4, -0.2) is 66.5 Å². The van der Waals surface area contributed by atoms with Gasteiger partial charge in [-0.15, -0.1) is 0 Å². The molecule has 0 saturated carbocycles. The molecule has 0 radical (unpaired) electrons. The molecule has 1 aromatic rings. The predicted molar refractivity (Wildman–Crippen MR) is 90.9 cm³/mol. The Balaban J connectivity index is 1.59. The molecule has 130 valence electrons. The fourth-order valence-corrected chi connectivity index (χ4v) is 3.37. The number of rotatable bonds is 2. The molecular weight excluding hydrogens is 330 g/mol. The number of carbonyl (C=O) groups excluding carboxylic acids is 2. The van der Waals surface area contributed by atoms with Crippen LogP contribution >= 0.6 is 11.6 Å². The van der Waals surface area contributed by atoms with E-state index < -0.39 is 5.54 Å². The molecule has 0 bridgehead atoms. The number of ether oxygens (including phenoxy) is 1. The smallest absolute Gasteiger partial charge is 0.254 e. The molecule has 24 heavy (non-hydrogen) atoms. The molecule has 2 aliphatic rings. The predicted octanol–water partition coefficient (Wildman–Crippen LogP) is 1.13. The maximum Gasteiger partial charge on any atom is 0.254 e. The number of hydrogen-bond donors (Lipinski definition) is 1. The van der Waals surface area contributed by atoms with Gasteiger partial charge in [-0.25, -0.2) is 0 Å². The van der Waals surface area contributed by atoms with Gasteiger partial charge in [-0.1, -0.05) is 17.7 Å². The summed E-state index contributed by atoms with van der Waals surface area (Å²) in [6.45, 7) is 3.06. The lowest BCUT2D eigenvalue weighted by atomic mass is 9.89. The molecule has 6 nitrogen and oxygen atoms in total. The van der Waals surface area contributed by atoms with Crippen LogP contribution in [0, 0.1) is 0 Å². The number of nitrogens with two attached hydrogens (primary N) is 1. The largest absolute Gasteiger partial charge is 0.381 e. The van der Waals surface area contributed by atoms with Gasteiger partial charge in [0.15, 0.2) is 0 Å². The van der Waals surface area contributed by atoms with Gasteiger partial charge in [0.25, 0.3) is 5.91 Å². The Bertz CT molecular complexity index is 623. The van der Waals surface area contributed by atoms with Crippen molar-refractivity contribution in [1.82, 2.24) is 9.80 Å².